The Morgan fingerprint density at radius 2 is 2.29 bits per heavy atom. The number of nitrogens with one attached hydrogen (secondary N) is 1. The summed E-state index contributed by atoms with van der Waals surface area (Å²) in [6.45, 7) is 3.96. The molecule has 3 unspecified atom stereocenters. The standard InChI is InChI=1S/C10H20N2O2/c1-7-4-3-5-9(6-7)14-8(2)10(13)12-11/h7-9H,3-6,11H2,1-2H3,(H,12,13). The molecule has 0 heterocycles. The second-order valence-electron chi connectivity index (χ2n) is 4.18. The van der Waals surface area contributed by atoms with Gasteiger partial charge in [0, 0.05) is 0 Å². The molecule has 0 bridgehead atoms. The molecule has 1 amide bonds. The Labute approximate surface area is 85.2 Å². The van der Waals surface area contributed by atoms with Gasteiger partial charge in [-0.3, -0.25) is 10.2 Å². The highest BCUT2D eigenvalue weighted by Gasteiger charge is 2.23. The topological polar surface area (TPSA) is 64.3 Å². The van der Waals surface area contributed by atoms with E-state index in [0.717, 1.165) is 12.8 Å². The third-order valence-corrected chi connectivity index (χ3v) is 2.80. The number of amides is 1. The zero-order valence-corrected chi connectivity index (χ0v) is 8.95. The van der Waals surface area contributed by atoms with Gasteiger partial charge in [-0.05, 0) is 25.7 Å². The summed E-state index contributed by atoms with van der Waals surface area (Å²) >= 11 is 0. The molecule has 1 fully saturated rings. The number of ether oxygens (including phenoxy) is 1. The first-order valence-corrected chi connectivity index (χ1v) is 5.29. The first kappa shape index (κ1) is 11.5. The van der Waals surface area contributed by atoms with Crippen LogP contribution in [0.15, 0.2) is 0 Å². The maximum absolute atomic E-state index is 11.1. The minimum absolute atomic E-state index is 0.228. The molecule has 0 saturated heterocycles. The van der Waals surface area contributed by atoms with Crippen LogP contribution in [0.3, 0.4) is 0 Å². The van der Waals surface area contributed by atoms with Gasteiger partial charge in [0.25, 0.3) is 5.91 Å². The maximum atomic E-state index is 11.1. The molecule has 4 heteroatoms. The molecule has 0 aliphatic heterocycles. The Bertz CT molecular complexity index is 197. The van der Waals surface area contributed by atoms with Crippen LogP contribution in [-0.4, -0.2) is 18.1 Å². The second kappa shape index (κ2) is 5.32. The van der Waals surface area contributed by atoms with Gasteiger partial charge in [0.15, 0.2) is 0 Å². The molecule has 1 aliphatic rings. The zero-order valence-electron chi connectivity index (χ0n) is 8.95. The Balaban J connectivity index is 2.32. The molecule has 82 valence electrons. The lowest BCUT2D eigenvalue weighted by atomic mass is 9.88. The lowest BCUT2D eigenvalue weighted by molar-refractivity contribution is -0.137. The van der Waals surface area contributed by atoms with Gasteiger partial charge in [0.2, 0.25) is 0 Å². The van der Waals surface area contributed by atoms with Crippen molar-refractivity contribution < 1.29 is 9.53 Å². The van der Waals surface area contributed by atoms with Gasteiger partial charge in [0.05, 0.1) is 6.10 Å². The van der Waals surface area contributed by atoms with Gasteiger partial charge in [-0.2, -0.15) is 0 Å². The molecule has 0 aromatic heterocycles. The first-order chi connectivity index (χ1) is 6.63. The lowest BCUT2D eigenvalue weighted by Crippen LogP contribution is -2.41. The van der Waals surface area contributed by atoms with E-state index in [0.29, 0.717) is 5.92 Å². The van der Waals surface area contributed by atoms with Crippen LogP contribution in [0.25, 0.3) is 0 Å². The fourth-order valence-corrected chi connectivity index (χ4v) is 1.97. The molecule has 1 saturated carbocycles. The van der Waals surface area contributed by atoms with E-state index in [-0.39, 0.29) is 12.0 Å². The summed E-state index contributed by atoms with van der Waals surface area (Å²) in [6.07, 6.45) is 4.39. The average molecular weight is 200 g/mol. The van der Waals surface area contributed by atoms with E-state index in [1.54, 1.807) is 6.92 Å². The summed E-state index contributed by atoms with van der Waals surface area (Å²) < 4.78 is 5.62. The molecular weight excluding hydrogens is 180 g/mol. The Morgan fingerprint density at radius 1 is 1.57 bits per heavy atom. The summed E-state index contributed by atoms with van der Waals surface area (Å²) in [4.78, 5) is 11.1. The predicted octanol–water partition coefficient (Wildman–Crippen LogP) is 0.960. The van der Waals surface area contributed by atoms with Crippen molar-refractivity contribution >= 4 is 5.91 Å². The molecule has 3 atom stereocenters. The number of hydrogen-bond acceptors (Lipinski definition) is 3. The predicted molar refractivity (Wildman–Crippen MR) is 54.3 cm³/mol. The van der Waals surface area contributed by atoms with E-state index < -0.39 is 6.10 Å². The Kier molecular flexibility index (Phi) is 4.35. The molecule has 1 aliphatic carbocycles. The molecule has 14 heavy (non-hydrogen) atoms. The van der Waals surface area contributed by atoms with E-state index in [2.05, 4.69) is 12.3 Å². The van der Waals surface area contributed by atoms with Crippen molar-refractivity contribution in [1.29, 1.82) is 0 Å². The summed E-state index contributed by atoms with van der Waals surface area (Å²) in [5, 5.41) is 0. The monoisotopic (exact) mass is 200 g/mol. The van der Waals surface area contributed by atoms with Crippen molar-refractivity contribution in [2.24, 2.45) is 11.8 Å². The van der Waals surface area contributed by atoms with Crippen LogP contribution in [0.1, 0.15) is 39.5 Å². The van der Waals surface area contributed by atoms with Crippen molar-refractivity contribution in [3.63, 3.8) is 0 Å². The normalized spacial score (nSPS) is 29.6. The number of nitrogens with two attached hydrogens (primary N) is 1. The second-order valence-corrected chi connectivity index (χ2v) is 4.18. The quantitative estimate of drug-likeness (QED) is 0.405. The summed E-state index contributed by atoms with van der Waals surface area (Å²) in [5.41, 5.74) is 2.10. The largest absolute Gasteiger partial charge is 0.365 e. The molecule has 4 nitrogen and oxygen atoms in total. The minimum Gasteiger partial charge on any atom is -0.365 e. The molecule has 3 N–H and O–H groups in total. The zero-order chi connectivity index (χ0) is 10.6. The lowest BCUT2D eigenvalue weighted by Gasteiger charge is -2.28. The van der Waals surface area contributed by atoms with Gasteiger partial charge in [-0.1, -0.05) is 19.8 Å². The number of hydrogen-bond donors (Lipinski definition) is 2. The highest BCUT2D eigenvalue weighted by Crippen LogP contribution is 2.26. The highest BCUT2D eigenvalue weighted by atomic mass is 16.5. The smallest absolute Gasteiger partial charge is 0.262 e. The number of rotatable bonds is 3. The van der Waals surface area contributed by atoms with Crippen LogP contribution in [0.5, 0.6) is 0 Å². The summed E-state index contributed by atoms with van der Waals surface area (Å²) in [7, 11) is 0. The van der Waals surface area contributed by atoms with E-state index in [4.69, 9.17) is 10.6 Å². The van der Waals surface area contributed by atoms with Gasteiger partial charge >= 0.3 is 0 Å². The van der Waals surface area contributed by atoms with Crippen molar-refractivity contribution in [1.82, 2.24) is 5.43 Å². The van der Waals surface area contributed by atoms with Crippen LogP contribution < -0.4 is 11.3 Å². The van der Waals surface area contributed by atoms with E-state index in [9.17, 15) is 4.79 Å². The Hall–Kier alpha value is -0.610. The molecule has 0 radical (unpaired) electrons. The molecular formula is C10H20N2O2. The van der Waals surface area contributed by atoms with Crippen LogP contribution in [0.2, 0.25) is 0 Å². The van der Waals surface area contributed by atoms with Gasteiger partial charge in [-0.15, -0.1) is 0 Å². The molecule has 0 aromatic rings. The van der Waals surface area contributed by atoms with Crippen molar-refractivity contribution in [2.45, 2.75) is 51.7 Å². The molecule has 1 rings (SSSR count). The Morgan fingerprint density at radius 3 is 2.86 bits per heavy atom. The van der Waals surface area contributed by atoms with Gasteiger partial charge in [0.1, 0.15) is 6.10 Å². The number of hydrazine groups is 1. The third kappa shape index (κ3) is 3.27. The highest BCUT2D eigenvalue weighted by molar-refractivity contribution is 5.79. The van der Waals surface area contributed by atoms with Gasteiger partial charge in [-0.25, -0.2) is 5.84 Å². The number of carbonyl (C=O) groups excluding carboxylic acids is 1. The van der Waals surface area contributed by atoms with E-state index >= 15 is 0 Å². The minimum atomic E-state index is -0.435. The fraction of sp³-hybridized carbons (Fsp3) is 0.900. The van der Waals surface area contributed by atoms with Crippen LogP contribution in [0.4, 0.5) is 0 Å². The van der Waals surface area contributed by atoms with Gasteiger partial charge < -0.3 is 4.74 Å². The molecule has 0 spiro atoms. The van der Waals surface area contributed by atoms with Crippen LogP contribution >= 0.6 is 0 Å². The van der Waals surface area contributed by atoms with E-state index in [1.807, 2.05) is 0 Å². The van der Waals surface area contributed by atoms with Crippen LogP contribution in [-0.2, 0) is 9.53 Å². The van der Waals surface area contributed by atoms with Crippen LogP contribution in [0, 0.1) is 5.92 Å². The summed E-state index contributed by atoms with van der Waals surface area (Å²) in [5.74, 6) is 5.49. The van der Waals surface area contributed by atoms with Crippen molar-refractivity contribution in [3.8, 4) is 0 Å². The number of carbonyl (C=O) groups is 1. The van der Waals surface area contributed by atoms with Crippen molar-refractivity contribution in [2.75, 3.05) is 0 Å². The average Bonchev–Trinajstić information content (AvgIpc) is 2.16. The third-order valence-electron chi connectivity index (χ3n) is 2.80. The van der Waals surface area contributed by atoms with E-state index in [1.165, 1.54) is 12.8 Å². The first-order valence-electron chi connectivity index (χ1n) is 5.29. The maximum Gasteiger partial charge on any atom is 0.262 e. The fourth-order valence-electron chi connectivity index (χ4n) is 1.97. The summed E-state index contributed by atoms with van der Waals surface area (Å²) in [6, 6.07) is 0. The van der Waals surface area contributed by atoms with Crippen molar-refractivity contribution in [3.05, 3.63) is 0 Å². The SMILES string of the molecule is CC1CCCC(OC(C)C(=O)NN)C1. The molecule has 0 aromatic carbocycles.